The van der Waals surface area contributed by atoms with E-state index in [4.69, 9.17) is 4.55 Å². The molecule has 25 heavy (non-hydrogen) atoms. The fourth-order valence-corrected chi connectivity index (χ4v) is 4.65. The van der Waals surface area contributed by atoms with Crippen molar-refractivity contribution < 1.29 is 13.0 Å². The van der Waals surface area contributed by atoms with Crippen molar-refractivity contribution in [2.75, 3.05) is 6.54 Å². The first-order valence-corrected chi connectivity index (χ1v) is 12.1. The second-order valence-corrected chi connectivity index (χ2v) is 10.0. The van der Waals surface area contributed by atoms with Crippen LogP contribution in [0.15, 0.2) is 0 Å². The van der Waals surface area contributed by atoms with Crippen LogP contribution < -0.4 is 5.32 Å². The van der Waals surface area contributed by atoms with Crippen LogP contribution >= 0.6 is 0 Å². The third-order valence-electron chi connectivity index (χ3n) is 5.49. The van der Waals surface area contributed by atoms with Crippen molar-refractivity contribution in [3.8, 4) is 0 Å². The summed E-state index contributed by atoms with van der Waals surface area (Å²) in [6.45, 7) is 5.65. The van der Waals surface area contributed by atoms with Gasteiger partial charge in [0.15, 0.2) is 0 Å². The molecule has 0 atom stereocenters. The van der Waals surface area contributed by atoms with E-state index in [9.17, 15) is 8.42 Å². The minimum Gasteiger partial charge on any atom is -0.314 e. The van der Waals surface area contributed by atoms with Gasteiger partial charge in [-0.1, -0.05) is 71.6 Å². The van der Waals surface area contributed by atoms with Crippen molar-refractivity contribution in [2.45, 2.75) is 115 Å². The maximum atomic E-state index is 11.1. The molecule has 1 fully saturated rings. The van der Waals surface area contributed by atoms with Crippen LogP contribution in [0.1, 0.15) is 104 Å². The Morgan fingerprint density at radius 3 is 1.80 bits per heavy atom. The molecule has 0 amide bonds. The Hall–Kier alpha value is -0.130. The van der Waals surface area contributed by atoms with E-state index >= 15 is 0 Å². The maximum absolute atomic E-state index is 11.1. The summed E-state index contributed by atoms with van der Waals surface area (Å²) in [6.07, 6.45) is 16.5. The maximum Gasteiger partial charge on any atom is 0.267 e. The lowest BCUT2D eigenvalue weighted by Crippen LogP contribution is -2.37. The van der Waals surface area contributed by atoms with Crippen molar-refractivity contribution in [3.63, 3.8) is 0 Å². The summed E-state index contributed by atoms with van der Waals surface area (Å²) >= 11 is 0. The quantitative estimate of drug-likeness (QED) is 0.318. The third kappa shape index (κ3) is 12.0. The minimum atomic E-state index is -3.83. The van der Waals surface area contributed by atoms with E-state index in [1.807, 2.05) is 0 Å². The largest absolute Gasteiger partial charge is 0.314 e. The van der Waals surface area contributed by atoms with Crippen LogP contribution in [0.25, 0.3) is 0 Å². The fraction of sp³-hybridized carbons (Fsp3) is 1.00. The monoisotopic (exact) mass is 375 g/mol. The van der Waals surface area contributed by atoms with Gasteiger partial charge in [-0.25, -0.2) is 0 Å². The standard InChI is InChI=1S/C20H41NO3S/c1-18(2)12-10-8-6-4-3-5-7-9-11-17-21-19-13-15-20(16-14-19)25(22,23)24/h18-21H,3-17H2,1-2H3,(H,22,23,24). The summed E-state index contributed by atoms with van der Waals surface area (Å²) in [5.74, 6) is 0.853. The average Bonchev–Trinajstić information content (AvgIpc) is 2.55. The van der Waals surface area contributed by atoms with E-state index < -0.39 is 15.4 Å². The zero-order valence-electron chi connectivity index (χ0n) is 16.5. The molecule has 0 aromatic heterocycles. The Bertz CT molecular complexity index is 415. The molecule has 0 aromatic rings. The summed E-state index contributed by atoms with van der Waals surface area (Å²) in [7, 11) is -3.83. The van der Waals surface area contributed by atoms with Gasteiger partial charge in [0, 0.05) is 6.04 Å². The van der Waals surface area contributed by atoms with Crippen LogP contribution in [-0.4, -0.2) is 30.8 Å². The van der Waals surface area contributed by atoms with E-state index in [1.165, 1.54) is 64.2 Å². The van der Waals surface area contributed by atoms with E-state index in [-0.39, 0.29) is 0 Å². The van der Waals surface area contributed by atoms with Gasteiger partial charge in [-0.15, -0.1) is 0 Å². The van der Waals surface area contributed by atoms with Crippen LogP contribution in [-0.2, 0) is 10.1 Å². The number of rotatable bonds is 14. The Morgan fingerprint density at radius 2 is 1.32 bits per heavy atom. The van der Waals surface area contributed by atoms with Crippen LogP contribution in [0.3, 0.4) is 0 Å². The summed E-state index contributed by atoms with van der Waals surface area (Å²) in [5.41, 5.74) is 0. The predicted molar refractivity (Wildman–Crippen MR) is 107 cm³/mol. The van der Waals surface area contributed by atoms with Crippen LogP contribution in [0.4, 0.5) is 0 Å². The zero-order chi connectivity index (χ0) is 18.5. The van der Waals surface area contributed by atoms with E-state index in [2.05, 4.69) is 19.2 Å². The van der Waals surface area contributed by atoms with Gasteiger partial charge in [0.1, 0.15) is 0 Å². The summed E-state index contributed by atoms with van der Waals surface area (Å²) < 4.78 is 31.3. The molecule has 0 heterocycles. The van der Waals surface area contributed by atoms with Gasteiger partial charge in [0.25, 0.3) is 10.1 Å². The molecular formula is C20H41NO3S. The van der Waals surface area contributed by atoms with E-state index in [0.717, 1.165) is 25.3 Å². The molecule has 0 spiro atoms. The Kier molecular flexibility index (Phi) is 12.0. The predicted octanol–water partition coefficient (Wildman–Crippen LogP) is 5.33. The Labute approximate surface area is 156 Å². The van der Waals surface area contributed by atoms with Crippen molar-refractivity contribution >= 4 is 10.1 Å². The van der Waals surface area contributed by atoms with Gasteiger partial charge in [0.2, 0.25) is 0 Å². The highest BCUT2D eigenvalue weighted by Gasteiger charge is 2.28. The summed E-state index contributed by atoms with van der Waals surface area (Å²) in [4.78, 5) is 0. The number of nitrogens with one attached hydrogen (secondary N) is 1. The topological polar surface area (TPSA) is 66.4 Å². The van der Waals surface area contributed by atoms with E-state index in [1.54, 1.807) is 0 Å². The number of unbranched alkanes of at least 4 members (excludes halogenated alkanes) is 8. The molecule has 1 saturated carbocycles. The first-order valence-electron chi connectivity index (χ1n) is 10.6. The Balaban J connectivity index is 1.84. The van der Waals surface area contributed by atoms with Crippen LogP contribution in [0.2, 0.25) is 0 Å². The molecule has 5 heteroatoms. The highest BCUT2D eigenvalue weighted by Crippen LogP contribution is 2.23. The molecule has 0 unspecified atom stereocenters. The average molecular weight is 376 g/mol. The highest BCUT2D eigenvalue weighted by atomic mass is 32.2. The lowest BCUT2D eigenvalue weighted by molar-refractivity contribution is 0.355. The van der Waals surface area contributed by atoms with Crippen molar-refractivity contribution in [1.29, 1.82) is 0 Å². The second kappa shape index (κ2) is 13.1. The molecule has 0 radical (unpaired) electrons. The van der Waals surface area contributed by atoms with E-state index in [0.29, 0.717) is 18.9 Å². The molecule has 0 bridgehead atoms. The molecule has 2 N–H and O–H groups in total. The number of hydrogen-bond donors (Lipinski definition) is 2. The molecule has 0 aliphatic heterocycles. The van der Waals surface area contributed by atoms with Gasteiger partial charge in [-0.05, 0) is 44.6 Å². The van der Waals surface area contributed by atoms with Gasteiger partial charge >= 0.3 is 0 Å². The van der Waals surface area contributed by atoms with Gasteiger partial charge in [0.05, 0.1) is 5.25 Å². The zero-order valence-corrected chi connectivity index (χ0v) is 17.3. The summed E-state index contributed by atoms with van der Waals surface area (Å²) in [5, 5.41) is 3.02. The van der Waals surface area contributed by atoms with Crippen molar-refractivity contribution in [2.24, 2.45) is 5.92 Å². The van der Waals surface area contributed by atoms with Gasteiger partial charge in [-0.3, -0.25) is 4.55 Å². The van der Waals surface area contributed by atoms with Gasteiger partial charge < -0.3 is 5.32 Å². The molecule has 4 nitrogen and oxygen atoms in total. The Morgan fingerprint density at radius 1 is 0.840 bits per heavy atom. The lowest BCUT2D eigenvalue weighted by Gasteiger charge is -2.27. The molecule has 1 aliphatic carbocycles. The number of hydrogen-bond acceptors (Lipinski definition) is 3. The first kappa shape index (κ1) is 22.9. The van der Waals surface area contributed by atoms with Crippen molar-refractivity contribution in [1.82, 2.24) is 5.32 Å². The smallest absolute Gasteiger partial charge is 0.267 e. The summed E-state index contributed by atoms with van der Waals surface area (Å²) in [6, 6.07) is 0.434. The molecule has 1 rings (SSSR count). The SMILES string of the molecule is CC(C)CCCCCCCCCCCNC1CCC(S(=O)(=O)O)CC1. The van der Waals surface area contributed by atoms with Gasteiger partial charge in [-0.2, -0.15) is 8.42 Å². The molecule has 0 aromatic carbocycles. The molecule has 150 valence electrons. The van der Waals surface area contributed by atoms with Crippen molar-refractivity contribution in [3.05, 3.63) is 0 Å². The molecule has 1 aliphatic rings. The fourth-order valence-electron chi connectivity index (χ4n) is 3.79. The van der Waals surface area contributed by atoms with Crippen LogP contribution in [0, 0.1) is 5.92 Å². The first-order chi connectivity index (χ1) is 11.9. The highest BCUT2D eigenvalue weighted by molar-refractivity contribution is 7.86. The molecule has 0 saturated heterocycles. The third-order valence-corrected chi connectivity index (χ3v) is 6.80. The molecular weight excluding hydrogens is 334 g/mol. The second-order valence-electron chi connectivity index (χ2n) is 8.31. The lowest BCUT2D eigenvalue weighted by atomic mass is 9.95. The minimum absolute atomic E-state index is 0.434. The normalized spacial score (nSPS) is 21.8. The van der Waals surface area contributed by atoms with Crippen LogP contribution in [0.5, 0.6) is 0 Å².